The molecule has 0 spiro atoms. The van der Waals surface area contributed by atoms with Gasteiger partial charge in [0.25, 0.3) is 0 Å². The Morgan fingerprint density at radius 3 is 2.48 bits per heavy atom. The molecular formula is C21H26F2IN3O4. The molecule has 0 amide bonds. The van der Waals surface area contributed by atoms with Crippen LogP contribution in [0.15, 0.2) is 47.5 Å². The SMILES string of the molecule is CCNC(=NCc1ccc(OC)c(C(=O)OC)c1)NCc1ccccc1OC(F)F.I. The van der Waals surface area contributed by atoms with Crippen LogP contribution in [-0.4, -0.2) is 39.3 Å². The monoisotopic (exact) mass is 549 g/mol. The molecular weight excluding hydrogens is 523 g/mol. The van der Waals surface area contributed by atoms with Gasteiger partial charge in [-0.1, -0.05) is 24.3 Å². The number of halogens is 3. The van der Waals surface area contributed by atoms with Crippen molar-refractivity contribution in [1.82, 2.24) is 10.6 Å². The lowest BCUT2D eigenvalue weighted by atomic mass is 10.1. The van der Waals surface area contributed by atoms with Crippen molar-refractivity contribution in [3.05, 3.63) is 59.2 Å². The number of nitrogens with zero attached hydrogens (tertiary/aromatic N) is 1. The molecule has 0 aliphatic heterocycles. The number of carbonyl (C=O) groups excluding carboxylic acids is 1. The first-order chi connectivity index (χ1) is 14.5. The number of guanidine groups is 1. The van der Waals surface area contributed by atoms with Crippen molar-refractivity contribution in [2.45, 2.75) is 26.6 Å². The van der Waals surface area contributed by atoms with Gasteiger partial charge in [-0.2, -0.15) is 8.78 Å². The van der Waals surface area contributed by atoms with E-state index < -0.39 is 12.6 Å². The van der Waals surface area contributed by atoms with Crippen LogP contribution in [0.25, 0.3) is 0 Å². The van der Waals surface area contributed by atoms with E-state index in [1.54, 1.807) is 36.4 Å². The number of para-hydroxylation sites is 1. The van der Waals surface area contributed by atoms with E-state index in [0.29, 0.717) is 29.4 Å². The van der Waals surface area contributed by atoms with Gasteiger partial charge in [0.1, 0.15) is 17.1 Å². The molecule has 31 heavy (non-hydrogen) atoms. The van der Waals surface area contributed by atoms with Crippen LogP contribution in [0.4, 0.5) is 8.78 Å². The fourth-order valence-corrected chi connectivity index (χ4v) is 2.67. The molecule has 0 radical (unpaired) electrons. The first-order valence-corrected chi connectivity index (χ1v) is 9.28. The number of methoxy groups -OCH3 is 2. The molecule has 0 heterocycles. The smallest absolute Gasteiger partial charge is 0.387 e. The molecule has 2 rings (SSSR count). The number of nitrogens with one attached hydrogen (secondary N) is 2. The molecule has 0 aliphatic rings. The van der Waals surface area contributed by atoms with Crippen molar-refractivity contribution in [2.75, 3.05) is 20.8 Å². The molecule has 7 nitrogen and oxygen atoms in total. The van der Waals surface area contributed by atoms with Crippen molar-refractivity contribution < 1.29 is 27.8 Å². The molecule has 0 aliphatic carbocycles. The lowest BCUT2D eigenvalue weighted by Crippen LogP contribution is -2.36. The van der Waals surface area contributed by atoms with E-state index in [2.05, 4.69) is 20.4 Å². The quantitative estimate of drug-likeness (QED) is 0.214. The largest absolute Gasteiger partial charge is 0.496 e. The van der Waals surface area contributed by atoms with E-state index >= 15 is 0 Å². The minimum absolute atomic E-state index is 0. The predicted molar refractivity (Wildman–Crippen MR) is 124 cm³/mol. The second-order valence-electron chi connectivity index (χ2n) is 6.06. The van der Waals surface area contributed by atoms with Gasteiger partial charge in [0.15, 0.2) is 5.96 Å². The van der Waals surface area contributed by atoms with Crippen LogP contribution >= 0.6 is 24.0 Å². The van der Waals surface area contributed by atoms with Crippen LogP contribution < -0.4 is 20.1 Å². The molecule has 2 aromatic carbocycles. The molecule has 10 heteroatoms. The number of alkyl halides is 2. The van der Waals surface area contributed by atoms with Crippen LogP contribution in [0.3, 0.4) is 0 Å². The molecule has 2 aromatic rings. The average Bonchev–Trinajstić information content (AvgIpc) is 2.75. The topological polar surface area (TPSA) is 81.2 Å². The van der Waals surface area contributed by atoms with Gasteiger partial charge in [-0.05, 0) is 30.7 Å². The summed E-state index contributed by atoms with van der Waals surface area (Å²) in [6.45, 7) is 0.140. The Kier molecular flexibility index (Phi) is 11.6. The van der Waals surface area contributed by atoms with Gasteiger partial charge in [-0.3, -0.25) is 0 Å². The van der Waals surface area contributed by atoms with Gasteiger partial charge < -0.3 is 24.8 Å². The minimum Gasteiger partial charge on any atom is -0.496 e. The number of aliphatic imine (C=N–C) groups is 1. The van der Waals surface area contributed by atoms with E-state index in [-0.39, 0.29) is 42.8 Å². The lowest BCUT2D eigenvalue weighted by molar-refractivity contribution is -0.0504. The first kappa shape index (κ1) is 26.4. The Morgan fingerprint density at radius 2 is 1.84 bits per heavy atom. The molecule has 0 atom stereocenters. The zero-order chi connectivity index (χ0) is 21.9. The summed E-state index contributed by atoms with van der Waals surface area (Å²) < 4.78 is 39.7. The Morgan fingerprint density at radius 1 is 1.10 bits per heavy atom. The predicted octanol–water partition coefficient (Wildman–Crippen LogP) is 3.96. The van der Waals surface area contributed by atoms with Crippen LogP contribution in [0, 0.1) is 0 Å². The number of esters is 1. The fourth-order valence-electron chi connectivity index (χ4n) is 2.67. The second-order valence-corrected chi connectivity index (χ2v) is 6.06. The van der Waals surface area contributed by atoms with Gasteiger partial charge in [0, 0.05) is 18.7 Å². The maximum absolute atomic E-state index is 12.6. The minimum atomic E-state index is -2.90. The average molecular weight is 549 g/mol. The van der Waals surface area contributed by atoms with Gasteiger partial charge in [-0.25, -0.2) is 9.79 Å². The highest BCUT2D eigenvalue weighted by molar-refractivity contribution is 14.0. The maximum atomic E-state index is 12.6. The molecule has 0 saturated carbocycles. The van der Waals surface area contributed by atoms with Crippen molar-refractivity contribution >= 4 is 35.9 Å². The van der Waals surface area contributed by atoms with Crippen LogP contribution in [0.1, 0.15) is 28.4 Å². The van der Waals surface area contributed by atoms with Crippen LogP contribution in [0.5, 0.6) is 11.5 Å². The summed E-state index contributed by atoms with van der Waals surface area (Å²) in [5.74, 6) is 0.502. The van der Waals surface area contributed by atoms with Crippen molar-refractivity contribution in [3.8, 4) is 11.5 Å². The number of benzene rings is 2. The Bertz CT molecular complexity index is 881. The Balaban J connectivity index is 0.00000480. The number of carbonyl (C=O) groups is 1. The van der Waals surface area contributed by atoms with Crippen LogP contribution in [0.2, 0.25) is 0 Å². The number of hydrogen-bond donors (Lipinski definition) is 2. The summed E-state index contributed by atoms with van der Waals surface area (Å²) in [7, 11) is 2.78. The van der Waals surface area contributed by atoms with Crippen molar-refractivity contribution in [3.63, 3.8) is 0 Å². The highest BCUT2D eigenvalue weighted by Crippen LogP contribution is 2.22. The van der Waals surface area contributed by atoms with Crippen LogP contribution in [-0.2, 0) is 17.8 Å². The summed E-state index contributed by atoms with van der Waals surface area (Å²) in [4.78, 5) is 16.4. The number of hydrogen-bond acceptors (Lipinski definition) is 5. The van der Waals surface area contributed by atoms with Gasteiger partial charge in [0.2, 0.25) is 0 Å². The normalized spacial score (nSPS) is 10.8. The summed E-state index contributed by atoms with van der Waals surface area (Å²) in [5, 5.41) is 6.18. The highest BCUT2D eigenvalue weighted by Gasteiger charge is 2.13. The third-order valence-electron chi connectivity index (χ3n) is 4.07. The first-order valence-electron chi connectivity index (χ1n) is 9.28. The standard InChI is InChI=1S/C21H25F2N3O4.HI/c1-4-24-21(26-13-15-7-5-6-8-17(15)30-20(22)23)25-12-14-9-10-18(28-2)16(11-14)19(27)29-3;/h5-11,20H,4,12-13H2,1-3H3,(H2,24,25,26);1H. The third kappa shape index (κ3) is 8.19. The number of ether oxygens (including phenoxy) is 3. The summed E-state index contributed by atoms with van der Waals surface area (Å²) in [6.07, 6.45) is 0. The summed E-state index contributed by atoms with van der Waals surface area (Å²) in [5.41, 5.74) is 1.65. The van der Waals surface area contributed by atoms with Gasteiger partial charge in [-0.15, -0.1) is 24.0 Å². The van der Waals surface area contributed by atoms with Gasteiger partial charge >= 0.3 is 12.6 Å². The van der Waals surface area contributed by atoms with E-state index in [1.807, 2.05) is 6.92 Å². The van der Waals surface area contributed by atoms with E-state index in [1.165, 1.54) is 20.3 Å². The van der Waals surface area contributed by atoms with E-state index in [4.69, 9.17) is 9.47 Å². The molecule has 0 unspecified atom stereocenters. The molecule has 0 bridgehead atoms. The summed E-state index contributed by atoms with van der Waals surface area (Å²) >= 11 is 0. The molecule has 2 N–H and O–H groups in total. The molecule has 0 saturated heterocycles. The van der Waals surface area contributed by atoms with E-state index in [0.717, 1.165) is 5.56 Å². The zero-order valence-corrected chi connectivity index (χ0v) is 19.8. The highest BCUT2D eigenvalue weighted by atomic mass is 127. The Hall–Kier alpha value is -2.63. The lowest BCUT2D eigenvalue weighted by Gasteiger charge is -2.14. The Labute approximate surface area is 197 Å². The third-order valence-corrected chi connectivity index (χ3v) is 4.07. The number of rotatable bonds is 9. The molecule has 0 fully saturated rings. The van der Waals surface area contributed by atoms with E-state index in [9.17, 15) is 13.6 Å². The fraction of sp³-hybridized carbons (Fsp3) is 0.333. The maximum Gasteiger partial charge on any atom is 0.387 e. The summed E-state index contributed by atoms with van der Waals surface area (Å²) in [6, 6.07) is 11.7. The van der Waals surface area contributed by atoms with Crippen molar-refractivity contribution in [2.24, 2.45) is 4.99 Å². The second kappa shape index (κ2) is 13.6. The molecule has 170 valence electrons. The van der Waals surface area contributed by atoms with Gasteiger partial charge in [0.05, 0.1) is 20.8 Å². The van der Waals surface area contributed by atoms with Crippen molar-refractivity contribution in [1.29, 1.82) is 0 Å². The molecule has 0 aromatic heterocycles. The zero-order valence-electron chi connectivity index (χ0n) is 17.5.